The highest BCUT2D eigenvalue weighted by Crippen LogP contribution is 2.28. The van der Waals surface area contributed by atoms with Crippen molar-refractivity contribution >= 4 is 28.7 Å². The van der Waals surface area contributed by atoms with Crippen LogP contribution in [0.25, 0.3) is 0 Å². The van der Waals surface area contributed by atoms with E-state index in [0.29, 0.717) is 5.92 Å². The summed E-state index contributed by atoms with van der Waals surface area (Å²) in [6, 6.07) is 0. The Morgan fingerprint density at radius 1 is 1.50 bits per heavy atom. The van der Waals surface area contributed by atoms with Gasteiger partial charge in [0.15, 0.2) is 0 Å². The molecule has 0 aliphatic rings. The van der Waals surface area contributed by atoms with Gasteiger partial charge in [0.2, 0.25) is 0 Å². The SMILES string of the molecule is CC(C)C(I)C(C)(C)OC(=O)O. The predicted molar refractivity (Wildman–Crippen MR) is 55.8 cm³/mol. The second-order valence-electron chi connectivity index (χ2n) is 3.62. The predicted octanol–water partition coefficient (Wildman–Crippen LogP) is 2.92. The monoisotopic (exact) mass is 286 g/mol. The van der Waals surface area contributed by atoms with Crippen LogP contribution in [0.3, 0.4) is 0 Å². The fourth-order valence-electron chi connectivity index (χ4n) is 1.08. The minimum Gasteiger partial charge on any atom is -0.450 e. The van der Waals surface area contributed by atoms with Crippen LogP contribution < -0.4 is 0 Å². The highest BCUT2D eigenvalue weighted by atomic mass is 127. The molecule has 0 saturated carbocycles. The van der Waals surface area contributed by atoms with Gasteiger partial charge in [0, 0.05) is 0 Å². The molecule has 0 amide bonds. The third-order valence-corrected chi connectivity index (χ3v) is 4.54. The molecule has 0 rings (SSSR count). The highest BCUT2D eigenvalue weighted by Gasteiger charge is 2.33. The Hall–Kier alpha value is 0. The third kappa shape index (κ3) is 3.60. The maximum atomic E-state index is 10.3. The van der Waals surface area contributed by atoms with Crippen LogP contribution in [0.5, 0.6) is 0 Å². The van der Waals surface area contributed by atoms with Crippen LogP contribution in [0, 0.1) is 5.92 Å². The number of halogens is 1. The summed E-state index contributed by atoms with van der Waals surface area (Å²) < 4.78 is 4.96. The van der Waals surface area contributed by atoms with Crippen LogP contribution in [0.4, 0.5) is 4.79 Å². The van der Waals surface area contributed by atoms with E-state index in [9.17, 15) is 4.79 Å². The van der Waals surface area contributed by atoms with E-state index in [1.165, 1.54) is 0 Å². The van der Waals surface area contributed by atoms with Crippen molar-refractivity contribution in [3.63, 3.8) is 0 Å². The first kappa shape index (κ1) is 12.0. The molecule has 0 spiro atoms. The van der Waals surface area contributed by atoms with Crippen LogP contribution in [0.2, 0.25) is 0 Å². The minimum absolute atomic E-state index is 0.186. The fraction of sp³-hybridized carbons (Fsp3) is 0.875. The van der Waals surface area contributed by atoms with Gasteiger partial charge in [-0.25, -0.2) is 4.79 Å². The van der Waals surface area contributed by atoms with Gasteiger partial charge in [-0.3, -0.25) is 0 Å². The standard InChI is InChI=1S/C8H15IO3/c1-5(2)6(9)8(3,4)12-7(10)11/h5-6H,1-4H3,(H,10,11). The lowest BCUT2D eigenvalue weighted by Gasteiger charge is -2.31. The Labute approximate surface area is 86.6 Å². The summed E-state index contributed by atoms with van der Waals surface area (Å²) in [4.78, 5) is 10.3. The van der Waals surface area contributed by atoms with Gasteiger partial charge in [-0.05, 0) is 19.8 Å². The van der Waals surface area contributed by atoms with E-state index in [1.54, 1.807) is 13.8 Å². The molecule has 0 radical (unpaired) electrons. The molecule has 0 aromatic carbocycles. The summed E-state index contributed by atoms with van der Waals surface area (Å²) in [7, 11) is 0. The van der Waals surface area contributed by atoms with Gasteiger partial charge in [-0.15, -0.1) is 0 Å². The van der Waals surface area contributed by atoms with Crippen molar-refractivity contribution in [3.05, 3.63) is 0 Å². The molecule has 0 aliphatic carbocycles. The molecule has 1 N–H and O–H groups in total. The van der Waals surface area contributed by atoms with Gasteiger partial charge in [-0.1, -0.05) is 36.4 Å². The average molecular weight is 286 g/mol. The fourth-order valence-corrected chi connectivity index (χ4v) is 1.21. The van der Waals surface area contributed by atoms with E-state index in [4.69, 9.17) is 9.84 Å². The molecule has 12 heavy (non-hydrogen) atoms. The van der Waals surface area contributed by atoms with Gasteiger partial charge in [0.05, 0.1) is 3.92 Å². The summed E-state index contributed by atoms with van der Waals surface area (Å²) in [5.41, 5.74) is -0.611. The van der Waals surface area contributed by atoms with Gasteiger partial charge in [0.25, 0.3) is 0 Å². The molecule has 72 valence electrons. The number of rotatable bonds is 3. The van der Waals surface area contributed by atoms with Crippen molar-refractivity contribution in [3.8, 4) is 0 Å². The van der Waals surface area contributed by atoms with Gasteiger partial charge < -0.3 is 9.84 Å². The quantitative estimate of drug-likeness (QED) is 0.493. The van der Waals surface area contributed by atoms with Crippen molar-refractivity contribution in [1.29, 1.82) is 0 Å². The minimum atomic E-state index is -1.21. The van der Waals surface area contributed by atoms with Crippen molar-refractivity contribution in [1.82, 2.24) is 0 Å². The van der Waals surface area contributed by atoms with Crippen LogP contribution in [-0.4, -0.2) is 20.8 Å². The van der Waals surface area contributed by atoms with Crippen molar-refractivity contribution < 1.29 is 14.6 Å². The summed E-state index contributed by atoms with van der Waals surface area (Å²) in [5, 5.41) is 8.45. The molecule has 0 aliphatic heterocycles. The molecule has 3 nitrogen and oxygen atoms in total. The topological polar surface area (TPSA) is 46.5 Å². The molecule has 0 saturated heterocycles. The lowest BCUT2D eigenvalue weighted by Crippen LogP contribution is -2.39. The van der Waals surface area contributed by atoms with Crippen molar-refractivity contribution in [2.24, 2.45) is 5.92 Å². The van der Waals surface area contributed by atoms with Crippen molar-refractivity contribution in [2.75, 3.05) is 0 Å². The zero-order valence-corrected chi connectivity index (χ0v) is 9.95. The Bertz CT molecular complexity index is 166. The maximum absolute atomic E-state index is 10.3. The lowest BCUT2D eigenvalue weighted by atomic mass is 9.96. The third-order valence-electron chi connectivity index (χ3n) is 1.60. The molecule has 0 aromatic heterocycles. The van der Waals surface area contributed by atoms with E-state index in [1.807, 2.05) is 13.8 Å². The number of hydrogen-bond acceptors (Lipinski definition) is 2. The van der Waals surface area contributed by atoms with E-state index in [0.717, 1.165) is 0 Å². The largest absolute Gasteiger partial charge is 0.506 e. The molecule has 1 unspecified atom stereocenters. The first-order chi connectivity index (χ1) is 5.27. The number of carbonyl (C=O) groups is 1. The Morgan fingerprint density at radius 2 is 1.92 bits per heavy atom. The Kier molecular flexibility index (Phi) is 4.30. The van der Waals surface area contributed by atoms with Gasteiger partial charge >= 0.3 is 6.16 Å². The highest BCUT2D eigenvalue weighted by molar-refractivity contribution is 14.1. The van der Waals surface area contributed by atoms with E-state index < -0.39 is 11.8 Å². The van der Waals surface area contributed by atoms with Crippen LogP contribution in [-0.2, 0) is 4.74 Å². The molecule has 0 fully saturated rings. The van der Waals surface area contributed by atoms with E-state index in [-0.39, 0.29) is 3.92 Å². The average Bonchev–Trinajstić information content (AvgIpc) is 1.82. The Morgan fingerprint density at radius 3 is 2.17 bits per heavy atom. The smallest absolute Gasteiger partial charge is 0.450 e. The number of alkyl halides is 1. The van der Waals surface area contributed by atoms with Gasteiger partial charge in [-0.2, -0.15) is 0 Å². The molecule has 4 heteroatoms. The zero-order chi connectivity index (χ0) is 9.94. The maximum Gasteiger partial charge on any atom is 0.506 e. The second kappa shape index (κ2) is 4.30. The van der Waals surface area contributed by atoms with Gasteiger partial charge in [0.1, 0.15) is 5.60 Å². The van der Waals surface area contributed by atoms with E-state index >= 15 is 0 Å². The number of carboxylic acid groups (broad SMARTS) is 1. The molecule has 1 atom stereocenters. The normalized spacial score (nSPS) is 14.5. The molecular weight excluding hydrogens is 271 g/mol. The zero-order valence-electron chi connectivity index (χ0n) is 7.80. The number of ether oxygens (including phenoxy) is 1. The first-order valence-electron chi connectivity index (χ1n) is 3.83. The summed E-state index contributed by atoms with van der Waals surface area (Å²) in [6.45, 7) is 7.67. The summed E-state index contributed by atoms with van der Waals surface area (Å²) in [6.07, 6.45) is -1.21. The summed E-state index contributed by atoms with van der Waals surface area (Å²) in [5.74, 6) is 0.403. The summed E-state index contributed by atoms with van der Waals surface area (Å²) >= 11 is 2.22. The van der Waals surface area contributed by atoms with Crippen LogP contribution in [0.1, 0.15) is 27.7 Å². The van der Waals surface area contributed by atoms with Crippen LogP contribution in [0.15, 0.2) is 0 Å². The Balaban J connectivity index is 4.28. The molecule has 0 heterocycles. The lowest BCUT2D eigenvalue weighted by molar-refractivity contribution is -0.000315. The van der Waals surface area contributed by atoms with Crippen LogP contribution >= 0.6 is 22.6 Å². The number of hydrogen-bond donors (Lipinski definition) is 1. The van der Waals surface area contributed by atoms with Crippen molar-refractivity contribution in [2.45, 2.75) is 37.2 Å². The first-order valence-corrected chi connectivity index (χ1v) is 5.08. The second-order valence-corrected chi connectivity index (χ2v) is 4.96. The van der Waals surface area contributed by atoms with E-state index in [2.05, 4.69) is 22.6 Å². The molecule has 0 aromatic rings. The molecular formula is C8H15IO3. The molecule has 0 bridgehead atoms.